The van der Waals surface area contributed by atoms with Crippen molar-refractivity contribution in [3.05, 3.63) is 42.9 Å². The Labute approximate surface area is 171 Å². The zero-order valence-corrected chi connectivity index (χ0v) is 17.4. The Morgan fingerprint density at radius 3 is 2.62 bits per heavy atom. The molecule has 0 saturated carbocycles. The fraction of sp³-hybridized carbons (Fsp3) is 0.435. The zero-order valence-electron chi connectivity index (χ0n) is 17.4. The van der Waals surface area contributed by atoms with E-state index in [2.05, 4.69) is 52.3 Å². The molecule has 2 aromatic heterocycles. The summed E-state index contributed by atoms with van der Waals surface area (Å²) in [5.74, 6) is 1.44. The number of rotatable bonds is 5. The summed E-state index contributed by atoms with van der Waals surface area (Å²) in [7, 11) is 1.91. The van der Waals surface area contributed by atoms with E-state index in [-0.39, 0.29) is 11.8 Å². The molecule has 0 bridgehead atoms. The lowest BCUT2D eigenvalue weighted by Gasteiger charge is -2.32. The Morgan fingerprint density at radius 2 is 1.93 bits per heavy atom. The highest BCUT2D eigenvalue weighted by Gasteiger charge is 2.25. The molecule has 0 aliphatic carbocycles. The molecular weight excluding hydrogens is 362 g/mol. The lowest BCUT2D eigenvalue weighted by Crippen LogP contribution is -2.39. The summed E-state index contributed by atoms with van der Waals surface area (Å²) >= 11 is 0. The third kappa shape index (κ3) is 4.65. The minimum Gasteiger partial charge on any atom is -0.310 e. The van der Waals surface area contributed by atoms with Crippen LogP contribution in [-0.4, -0.2) is 45.2 Å². The molecular formula is C23H29N5O. The van der Waals surface area contributed by atoms with Crippen molar-refractivity contribution in [2.24, 2.45) is 18.9 Å². The fourth-order valence-corrected chi connectivity index (χ4v) is 4.08. The number of fused-ring (bicyclic) bond motifs is 1. The molecule has 0 unspecified atom stereocenters. The molecule has 1 aliphatic rings. The van der Waals surface area contributed by atoms with Gasteiger partial charge < -0.3 is 10.2 Å². The van der Waals surface area contributed by atoms with Crippen LogP contribution in [0.1, 0.15) is 26.7 Å². The topological polar surface area (TPSA) is 63.1 Å². The van der Waals surface area contributed by atoms with Crippen LogP contribution in [-0.2, 0) is 11.8 Å². The van der Waals surface area contributed by atoms with Crippen molar-refractivity contribution in [3.8, 4) is 11.1 Å². The molecule has 3 aromatic rings. The van der Waals surface area contributed by atoms with Crippen LogP contribution in [0.15, 0.2) is 42.9 Å². The predicted molar refractivity (Wildman–Crippen MR) is 117 cm³/mol. The third-order valence-electron chi connectivity index (χ3n) is 5.59. The third-order valence-corrected chi connectivity index (χ3v) is 5.59. The van der Waals surface area contributed by atoms with Crippen molar-refractivity contribution in [3.63, 3.8) is 0 Å². The van der Waals surface area contributed by atoms with Gasteiger partial charge in [-0.05, 0) is 54.9 Å². The number of benzene rings is 1. The van der Waals surface area contributed by atoms with Crippen molar-refractivity contribution in [2.45, 2.75) is 26.7 Å². The number of carbonyl (C=O) groups excluding carboxylic acids is 1. The maximum atomic E-state index is 12.7. The van der Waals surface area contributed by atoms with Crippen molar-refractivity contribution in [1.29, 1.82) is 0 Å². The molecule has 3 heterocycles. The molecule has 1 N–H and O–H groups in total. The number of nitrogens with one attached hydrogen (secondary N) is 1. The number of hydrogen-bond donors (Lipinski definition) is 1. The van der Waals surface area contributed by atoms with Gasteiger partial charge in [0, 0.05) is 42.9 Å². The van der Waals surface area contributed by atoms with Crippen LogP contribution in [0, 0.1) is 11.8 Å². The molecule has 1 amide bonds. The van der Waals surface area contributed by atoms with Gasteiger partial charge in [0.1, 0.15) is 5.82 Å². The Balaban J connectivity index is 1.44. The molecule has 1 fully saturated rings. The number of carbonyl (C=O) groups is 1. The average molecular weight is 392 g/mol. The van der Waals surface area contributed by atoms with Crippen LogP contribution in [0.5, 0.6) is 0 Å². The average Bonchev–Trinajstić information content (AvgIpc) is 3.14. The zero-order chi connectivity index (χ0) is 20.4. The highest BCUT2D eigenvalue weighted by atomic mass is 16.1. The summed E-state index contributed by atoms with van der Waals surface area (Å²) < 4.78 is 1.80. The molecule has 1 saturated heterocycles. The number of hydrogen-bond acceptors (Lipinski definition) is 4. The van der Waals surface area contributed by atoms with E-state index in [1.165, 1.54) is 0 Å². The number of aryl methyl sites for hydroxylation is 1. The summed E-state index contributed by atoms with van der Waals surface area (Å²) in [5, 5.41) is 9.40. The normalized spacial score (nSPS) is 15.9. The number of nitrogens with zero attached hydrogens (tertiary/aromatic N) is 4. The van der Waals surface area contributed by atoms with Crippen molar-refractivity contribution >= 4 is 22.5 Å². The highest BCUT2D eigenvalue weighted by molar-refractivity contribution is 5.95. The number of piperidine rings is 1. The SMILES string of the molecule is CC(C)CN1CCC(C(=O)Nc2cc3cc(-c4cnn(C)c4)ccc3cn2)CC1. The van der Waals surface area contributed by atoms with E-state index in [9.17, 15) is 4.79 Å². The van der Waals surface area contributed by atoms with Gasteiger partial charge in [-0.2, -0.15) is 5.10 Å². The molecule has 0 spiro atoms. The molecule has 29 heavy (non-hydrogen) atoms. The first kappa shape index (κ1) is 19.6. The lowest BCUT2D eigenvalue weighted by molar-refractivity contribution is -0.121. The van der Waals surface area contributed by atoms with E-state index in [4.69, 9.17) is 0 Å². The molecule has 0 radical (unpaired) electrons. The lowest BCUT2D eigenvalue weighted by atomic mass is 9.95. The molecule has 1 aliphatic heterocycles. The second-order valence-electron chi connectivity index (χ2n) is 8.49. The minimum absolute atomic E-state index is 0.0673. The van der Waals surface area contributed by atoms with Crippen molar-refractivity contribution < 1.29 is 4.79 Å². The second-order valence-corrected chi connectivity index (χ2v) is 8.49. The van der Waals surface area contributed by atoms with Gasteiger partial charge in [0.2, 0.25) is 5.91 Å². The molecule has 0 atom stereocenters. The summed E-state index contributed by atoms with van der Waals surface area (Å²) in [4.78, 5) is 19.6. The molecule has 6 nitrogen and oxygen atoms in total. The van der Waals surface area contributed by atoms with Gasteiger partial charge in [0.05, 0.1) is 6.20 Å². The molecule has 152 valence electrons. The first-order valence-electron chi connectivity index (χ1n) is 10.4. The monoisotopic (exact) mass is 391 g/mol. The van der Waals surface area contributed by atoms with Crippen LogP contribution in [0.3, 0.4) is 0 Å². The van der Waals surface area contributed by atoms with Crippen LogP contribution >= 0.6 is 0 Å². The largest absolute Gasteiger partial charge is 0.310 e. The Bertz CT molecular complexity index is 1000. The van der Waals surface area contributed by atoms with Gasteiger partial charge in [-0.3, -0.25) is 9.48 Å². The molecule has 1 aromatic carbocycles. The van der Waals surface area contributed by atoms with E-state index < -0.39 is 0 Å². The fourth-order valence-electron chi connectivity index (χ4n) is 4.08. The van der Waals surface area contributed by atoms with Crippen LogP contribution in [0.2, 0.25) is 0 Å². The number of amides is 1. The number of likely N-dealkylation sites (tertiary alicyclic amines) is 1. The van der Waals surface area contributed by atoms with Gasteiger partial charge in [-0.1, -0.05) is 26.0 Å². The van der Waals surface area contributed by atoms with Crippen molar-refractivity contribution in [2.75, 3.05) is 25.0 Å². The van der Waals surface area contributed by atoms with E-state index in [0.29, 0.717) is 11.7 Å². The van der Waals surface area contributed by atoms with E-state index in [1.54, 1.807) is 4.68 Å². The maximum absolute atomic E-state index is 12.7. The van der Waals surface area contributed by atoms with Gasteiger partial charge >= 0.3 is 0 Å². The number of aromatic nitrogens is 3. The first-order valence-corrected chi connectivity index (χ1v) is 10.4. The summed E-state index contributed by atoms with van der Waals surface area (Å²) in [6.45, 7) is 7.58. The predicted octanol–water partition coefficient (Wildman–Crippen LogP) is 3.94. The van der Waals surface area contributed by atoms with Crippen LogP contribution < -0.4 is 5.32 Å². The van der Waals surface area contributed by atoms with Gasteiger partial charge in [0.25, 0.3) is 0 Å². The van der Waals surface area contributed by atoms with E-state index in [0.717, 1.165) is 54.4 Å². The quantitative estimate of drug-likeness (QED) is 0.715. The first-order chi connectivity index (χ1) is 14.0. The summed E-state index contributed by atoms with van der Waals surface area (Å²) in [6, 6.07) is 8.21. The van der Waals surface area contributed by atoms with Crippen LogP contribution in [0.4, 0.5) is 5.82 Å². The Morgan fingerprint density at radius 1 is 1.14 bits per heavy atom. The highest BCUT2D eigenvalue weighted by Crippen LogP contribution is 2.26. The van der Waals surface area contributed by atoms with E-state index >= 15 is 0 Å². The minimum atomic E-state index is 0.0673. The number of pyridine rings is 1. The maximum Gasteiger partial charge on any atom is 0.228 e. The van der Waals surface area contributed by atoms with Gasteiger partial charge in [-0.15, -0.1) is 0 Å². The van der Waals surface area contributed by atoms with Gasteiger partial charge in [0.15, 0.2) is 0 Å². The molecule has 4 rings (SSSR count). The Hall–Kier alpha value is -2.73. The van der Waals surface area contributed by atoms with Gasteiger partial charge in [-0.25, -0.2) is 4.98 Å². The number of anilines is 1. The standard InChI is InChI=1S/C23H29N5O/c1-16(2)14-28-8-6-17(7-9-28)23(29)26-22-11-20-10-18(4-5-19(20)12-24-22)21-13-25-27(3)15-21/h4-5,10-13,15-17H,6-9,14H2,1-3H3,(H,24,26,29). The smallest absolute Gasteiger partial charge is 0.228 e. The van der Waals surface area contributed by atoms with E-state index in [1.807, 2.05) is 31.7 Å². The van der Waals surface area contributed by atoms with Crippen molar-refractivity contribution in [1.82, 2.24) is 19.7 Å². The summed E-state index contributed by atoms with van der Waals surface area (Å²) in [6.07, 6.45) is 7.51. The second kappa shape index (κ2) is 8.33. The van der Waals surface area contributed by atoms with Crippen LogP contribution in [0.25, 0.3) is 21.9 Å². The Kier molecular flexibility index (Phi) is 5.62. The summed E-state index contributed by atoms with van der Waals surface area (Å²) in [5.41, 5.74) is 2.18. The molecule has 6 heteroatoms.